The summed E-state index contributed by atoms with van der Waals surface area (Å²) in [6.45, 7) is 2.89. The molecule has 2 aromatic heterocycles. The van der Waals surface area contributed by atoms with E-state index in [1.54, 1.807) is 24.0 Å². The number of nitrogens with two attached hydrogens (primary N) is 1. The SMILES string of the molecule is Cc1cc(N)nc(SCCCn2ccnc2)n1. The normalized spacial score (nSPS) is 10.6. The highest BCUT2D eigenvalue weighted by Gasteiger charge is 2.00. The molecular weight excluding hydrogens is 234 g/mol. The van der Waals surface area contributed by atoms with Crippen molar-refractivity contribution in [3.8, 4) is 0 Å². The third-order valence-electron chi connectivity index (χ3n) is 2.20. The third kappa shape index (κ3) is 3.74. The molecule has 90 valence electrons. The minimum Gasteiger partial charge on any atom is -0.384 e. The van der Waals surface area contributed by atoms with E-state index in [0.717, 1.165) is 29.6 Å². The summed E-state index contributed by atoms with van der Waals surface area (Å²) in [7, 11) is 0. The van der Waals surface area contributed by atoms with Crippen molar-refractivity contribution in [3.05, 3.63) is 30.5 Å². The molecule has 0 aromatic carbocycles. The average Bonchev–Trinajstić information content (AvgIpc) is 2.76. The van der Waals surface area contributed by atoms with Crippen LogP contribution in [0.2, 0.25) is 0 Å². The molecule has 0 saturated heterocycles. The second-order valence-corrected chi connectivity index (χ2v) is 4.78. The molecule has 17 heavy (non-hydrogen) atoms. The van der Waals surface area contributed by atoms with Gasteiger partial charge in [0.05, 0.1) is 6.33 Å². The van der Waals surface area contributed by atoms with Crippen molar-refractivity contribution < 1.29 is 0 Å². The lowest BCUT2D eigenvalue weighted by atomic mass is 10.4. The first-order valence-corrected chi connectivity index (χ1v) is 6.42. The molecule has 2 heterocycles. The zero-order valence-corrected chi connectivity index (χ0v) is 10.5. The molecule has 2 aromatic rings. The van der Waals surface area contributed by atoms with E-state index in [4.69, 9.17) is 5.73 Å². The van der Waals surface area contributed by atoms with Crippen LogP contribution < -0.4 is 5.73 Å². The Morgan fingerprint density at radius 1 is 1.41 bits per heavy atom. The van der Waals surface area contributed by atoms with Gasteiger partial charge in [-0.15, -0.1) is 0 Å². The lowest BCUT2D eigenvalue weighted by Gasteiger charge is -2.03. The number of nitrogen functional groups attached to an aromatic ring is 1. The summed E-state index contributed by atoms with van der Waals surface area (Å²) in [6.07, 6.45) is 6.63. The Morgan fingerprint density at radius 3 is 3.00 bits per heavy atom. The van der Waals surface area contributed by atoms with Crippen molar-refractivity contribution in [2.24, 2.45) is 0 Å². The maximum absolute atomic E-state index is 5.66. The van der Waals surface area contributed by atoms with Gasteiger partial charge < -0.3 is 10.3 Å². The van der Waals surface area contributed by atoms with E-state index in [0.29, 0.717) is 5.82 Å². The average molecular weight is 249 g/mol. The Morgan fingerprint density at radius 2 is 2.29 bits per heavy atom. The third-order valence-corrected chi connectivity index (χ3v) is 3.14. The van der Waals surface area contributed by atoms with Crippen LogP contribution in [-0.4, -0.2) is 25.3 Å². The molecule has 0 unspecified atom stereocenters. The van der Waals surface area contributed by atoms with E-state index in [9.17, 15) is 0 Å². The first-order valence-electron chi connectivity index (χ1n) is 5.44. The number of nitrogens with zero attached hydrogens (tertiary/aromatic N) is 4. The molecule has 0 aliphatic heterocycles. The van der Waals surface area contributed by atoms with E-state index in [2.05, 4.69) is 19.5 Å². The standard InChI is InChI=1S/C11H15N5S/c1-9-7-10(12)15-11(14-9)17-6-2-4-16-5-3-13-8-16/h3,5,7-8H,2,4,6H2,1H3,(H2,12,14,15). The molecule has 0 spiro atoms. The molecule has 2 N–H and O–H groups in total. The van der Waals surface area contributed by atoms with E-state index < -0.39 is 0 Å². The molecule has 0 aliphatic carbocycles. The molecular formula is C11H15N5S. The molecule has 0 saturated carbocycles. The summed E-state index contributed by atoms with van der Waals surface area (Å²) in [5.74, 6) is 1.51. The van der Waals surface area contributed by atoms with Crippen molar-refractivity contribution in [1.82, 2.24) is 19.5 Å². The van der Waals surface area contributed by atoms with E-state index in [1.165, 1.54) is 0 Å². The van der Waals surface area contributed by atoms with Crippen LogP contribution in [0.4, 0.5) is 5.82 Å². The Bertz CT molecular complexity index is 448. The molecule has 0 amide bonds. The molecule has 6 heteroatoms. The Balaban J connectivity index is 1.78. The first-order chi connectivity index (χ1) is 8.24. The second kappa shape index (κ2) is 5.67. The van der Waals surface area contributed by atoms with E-state index >= 15 is 0 Å². The van der Waals surface area contributed by atoms with Crippen molar-refractivity contribution in [1.29, 1.82) is 0 Å². The van der Waals surface area contributed by atoms with E-state index in [-0.39, 0.29) is 0 Å². The number of rotatable bonds is 5. The van der Waals surface area contributed by atoms with Gasteiger partial charge >= 0.3 is 0 Å². The van der Waals surface area contributed by atoms with Crippen molar-refractivity contribution in [2.75, 3.05) is 11.5 Å². The predicted molar refractivity (Wildman–Crippen MR) is 68.7 cm³/mol. The van der Waals surface area contributed by atoms with Gasteiger partial charge in [-0.1, -0.05) is 11.8 Å². The van der Waals surface area contributed by atoms with Crippen LogP contribution in [0.1, 0.15) is 12.1 Å². The molecule has 0 bridgehead atoms. The Labute approximate surface area is 104 Å². The fourth-order valence-corrected chi connectivity index (χ4v) is 2.29. The van der Waals surface area contributed by atoms with Gasteiger partial charge in [-0.3, -0.25) is 0 Å². The van der Waals surface area contributed by atoms with Crippen molar-refractivity contribution in [2.45, 2.75) is 25.0 Å². The summed E-state index contributed by atoms with van der Waals surface area (Å²) in [5.41, 5.74) is 6.58. The molecule has 0 fully saturated rings. The minimum absolute atomic E-state index is 0.537. The van der Waals surface area contributed by atoms with Gasteiger partial charge in [0, 0.05) is 36.5 Å². The van der Waals surface area contributed by atoms with Gasteiger partial charge in [-0.2, -0.15) is 0 Å². The van der Waals surface area contributed by atoms with Gasteiger partial charge in [-0.25, -0.2) is 15.0 Å². The highest BCUT2D eigenvalue weighted by Crippen LogP contribution is 2.16. The van der Waals surface area contributed by atoms with E-state index in [1.807, 2.05) is 19.4 Å². The number of hydrogen-bond donors (Lipinski definition) is 1. The number of anilines is 1. The highest BCUT2D eigenvalue weighted by molar-refractivity contribution is 7.99. The molecule has 0 radical (unpaired) electrons. The number of imidazole rings is 1. The summed E-state index contributed by atoms with van der Waals surface area (Å²) >= 11 is 1.63. The number of aromatic nitrogens is 4. The zero-order chi connectivity index (χ0) is 12.1. The zero-order valence-electron chi connectivity index (χ0n) is 9.71. The van der Waals surface area contributed by atoms with Gasteiger partial charge in [0.15, 0.2) is 5.16 Å². The summed E-state index contributed by atoms with van der Waals surface area (Å²) in [6, 6.07) is 1.77. The molecule has 5 nitrogen and oxygen atoms in total. The summed E-state index contributed by atoms with van der Waals surface area (Å²) in [5, 5.41) is 0.758. The minimum atomic E-state index is 0.537. The molecule has 2 rings (SSSR count). The Hall–Kier alpha value is -1.56. The van der Waals surface area contributed by atoms with Gasteiger partial charge in [-0.05, 0) is 13.3 Å². The fourth-order valence-electron chi connectivity index (χ4n) is 1.46. The Kier molecular flexibility index (Phi) is 3.98. The van der Waals surface area contributed by atoms with Crippen LogP contribution in [0.25, 0.3) is 0 Å². The topological polar surface area (TPSA) is 69.6 Å². The molecule has 0 aliphatic rings. The fraction of sp³-hybridized carbons (Fsp3) is 0.364. The number of hydrogen-bond acceptors (Lipinski definition) is 5. The van der Waals surface area contributed by atoms with Crippen molar-refractivity contribution >= 4 is 17.6 Å². The summed E-state index contributed by atoms with van der Waals surface area (Å²) < 4.78 is 2.06. The van der Waals surface area contributed by atoms with Crippen LogP contribution in [0.5, 0.6) is 0 Å². The quantitative estimate of drug-likeness (QED) is 0.496. The monoisotopic (exact) mass is 249 g/mol. The highest BCUT2D eigenvalue weighted by atomic mass is 32.2. The maximum atomic E-state index is 5.66. The lowest BCUT2D eigenvalue weighted by Crippen LogP contribution is -1.99. The van der Waals surface area contributed by atoms with Crippen LogP contribution in [-0.2, 0) is 6.54 Å². The van der Waals surface area contributed by atoms with Crippen LogP contribution in [0.3, 0.4) is 0 Å². The van der Waals surface area contributed by atoms with Crippen molar-refractivity contribution in [3.63, 3.8) is 0 Å². The van der Waals surface area contributed by atoms with Gasteiger partial charge in [0.2, 0.25) is 0 Å². The largest absolute Gasteiger partial charge is 0.384 e. The van der Waals surface area contributed by atoms with Crippen LogP contribution >= 0.6 is 11.8 Å². The van der Waals surface area contributed by atoms with Gasteiger partial charge in [0.25, 0.3) is 0 Å². The predicted octanol–water partition coefficient (Wildman–Crippen LogP) is 1.75. The van der Waals surface area contributed by atoms with Crippen LogP contribution in [0, 0.1) is 6.92 Å². The second-order valence-electron chi connectivity index (χ2n) is 3.72. The first kappa shape index (κ1) is 11.9. The van der Waals surface area contributed by atoms with Gasteiger partial charge in [0.1, 0.15) is 5.82 Å². The molecule has 0 atom stereocenters. The number of aryl methyl sites for hydroxylation is 2. The smallest absolute Gasteiger partial charge is 0.189 e. The lowest BCUT2D eigenvalue weighted by molar-refractivity contribution is 0.683. The summed E-state index contributed by atoms with van der Waals surface area (Å²) in [4.78, 5) is 12.5. The maximum Gasteiger partial charge on any atom is 0.189 e. The van der Waals surface area contributed by atoms with Crippen LogP contribution in [0.15, 0.2) is 29.9 Å². The number of thioether (sulfide) groups is 1.